The topological polar surface area (TPSA) is 97.4 Å². The van der Waals surface area contributed by atoms with Crippen LogP contribution in [0.2, 0.25) is 0 Å². The van der Waals surface area contributed by atoms with Crippen LogP contribution in [0, 0.1) is 10.8 Å². The maximum atomic E-state index is 12.9. The number of esters is 2. The van der Waals surface area contributed by atoms with E-state index in [1.807, 2.05) is 26.8 Å². The van der Waals surface area contributed by atoms with Gasteiger partial charge in [0.25, 0.3) is 0 Å². The average Bonchev–Trinajstić information content (AvgIpc) is 2.86. The van der Waals surface area contributed by atoms with Crippen molar-refractivity contribution in [3.63, 3.8) is 0 Å². The largest absolute Gasteiger partial charge is 0.490 e. The molecule has 8 nitrogen and oxygen atoms in total. The van der Waals surface area contributed by atoms with E-state index in [-0.39, 0.29) is 37.4 Å². The Kier molecular flexibility index (Phi) is 11.3. The van der Waals surface area contributed by atoms with Crippen molar-refractivity contribution in [2.24, 2.45) is 10.8 Å². The van der Waals surface area contributed by atoms with Gasteiger partial charge in [0.05, 0.1) is 16.9 Å². The molecule has 0 aliphatic rings. The van der Waals surface area contributed by atoms with Crippen LogP contribution >= 0.6 is 0 Å². The lowest BCUT2D eigenvalue weighted by molar-refractivity contribution is -0.160. The van der Waals surface area contributed by atoms with Crippen molar-refractivity contribution in [2.75, 3.05) is 13.6 Å². The van der Waals surface area contributed by atoms with Crippen molar-refractivity contribution < 1.29 is 38.1 Å². The van der Waals surface area contributed by atoms with Gasteiger partial charge in [-0.2, -0.15) is 0 Å². The second kappa shape index (κ2) is 14.0. The quantitative estimate of drug-likeness (QED) is 0.123. The van der Waals surface area contributed by atoms with Crippen LogP contribution in [0.4, 0.5) is 0 Å². The standard InChI is InChI=1S/C32H42O8/c1-10-22-17-24(28(40-21(2)3)18-27(22)37-20-39-30(35)32(7,8)9)13-16-26(33)23-11-14-25(15-12-23)36-19-38-29(34)31(4,5)6/h11-18,21H,10,19-20H2,1-9H3/b16-13+. The van der Waals surface area contributed by atoms with Gasteiger partial charge < -0.3 is 23.7 Å². The Morgan fingerprint density at radius 3 is 1.85 bits per heavy atom. The van der Waals surface area contributed by atoms with Gasteiger partial charge in [-0.3, -0.25) is 14.4 Å². The zero-order valence-electron chi connectivity index (χ0n) is 25.1. The first-order valence-electron chi connectivity index (χ1n) is 13.4. The fourth-order valence-corrected chi connectivity index (χ4v) is 3.23. The summed E-state index contributed by atoms with van der Waals surface area (Å²) in [7, 11) is 0. The molecule has 0 amide bonds. The first-order chi connectivity index (χ1) is 18.6. The molecular formula is C32H42O8. The molecule has 0 N–H and O–H groups in total. The molecule has 0 spiro atoms. The smallest absolute Gasteiger partial charge is 0.314 e. The van der Waals surface area contributed by atoms with Gasteiger partial charge in [-0.15, -0.1) is 0 Å². The van der Waals surface area contributed by atoms with Crippen LogP contribution < -0.4 is 14.2 Å². The van der Waals surface area contributed by atoms with Gasteiger partial charge in [0.15, 0.2) is 5.78 Å². The zero-order valence-corrected chi connectivity index (χ0v) is 25.1. The normalized spacial score (nSPS) is 11.8. The molecule has 2 aromatic rings. The molecule has 0 saturated heterocycles. The summed E-state index contributed by atoms with van der Waals surface area (Å²) in [5, 5.41) is 0. The SMILES string of the molecule is CCc1cc(/C=C/C(=O)c2ccc(OCOC(=O)C(C)(C)C)cc2)c(OC(C)C)cc1OCOC(=O)C(C)(C)C. The zero-order chi connectivity index (χ0) is 30.1. The molecule has 0 bridgehead atoms. The van der Waals surface area contributed by atoms with E-state index in [4.69, 9.17) is 23.7 Å². The highest BCUT2D eigenvalue weighted by atomic mass is 16.7. The molecule has 2 aromatic carbocycles. The van der Waals surface area contributed by atoms with Crippen molar-refractivity contribution in [2.45, 2.75) is 74.8 Å². The number of aryl methyl sites for hydroxylation is 1. The van der Waals surface area contributed by atoms with E-state index in [0.717, 1.165) is 11.1 Å². The molecule has 0 unspecified atom stereocenters. The van der Waals surface area contributed by atoms with E-state index in [1.54, 1.807) is 78.0 Å². The van der Waals surface area contributed by atoms with Gasteiger partial charge in [-0.1, -0.05) is 6.92 Å². The summed E-state index contributed by atoms with van der Waals surface area (Å²) in [5.74, 6) is 0.653. The van der Waals surface area contributed by atoms with Gasteiger partial charge in [-0.25, -0.2) is 0 Å². The van der Waals surface area contributed by atoms with Gasteiger partial charge in [-0.05, 0) is 110 Å². The van der Waals surface area contributed by atoms with Gasteiger partial charge in [0.1, 0.15) is 17.2 Å². The Bertz CT molecular complexity index is 1200. The van der Waals surface area contributed by atoms with Crippen molar-refractivity contribution >= 4 is 23.8 Å². The summed E-state index contributed by atoms with van der Waals surface area (Å²) in [4.78, 5) is 36.8. The minimum absolute atomic E-state index is 0.114. The Morgan fingerprint density at radius 1 is 0.800 bits per heavy atom. The fraction of sp³-hybridized carbons (Fsp3) is 0.469. The second-order valence-corrected chi connectivity index (χ2v) is 11.6. The predicted octanol–water partition coefficient (Wildman–Crippen LogP) is 6.78. The van der Waals surface area contributed by atoms with Crippen molar-refractivity contribution in [3.8, 4) is 17.2 Å². The molecule has 0 atom stereocenters. The van der Waals surface area contributed by atoms with E-state index in [9.17, 15) is 14.4 Å². The predicted molar refractivity (Wildman–Crippen MR) is 153 cm³/mol. The monoisotopic (exact) mass is 554 g/mol. The number of carbonyl (C=O) groups is 3. The van der Waals surface area contributed by atoms with Crippen LogP contribution in [-0.4, -0.2) is 37.4 Å². The maximum absolute atomic E-state index is 12.9. The first-order valence-corrected chi connectivity index (χ1v) is 13.4. The van der Waals surface area contributed by atoms with E-state index < -0.39 is 10.8 Å². The third-order valence-corrected chi connectivity index (χ3v) is 5.53. The molecule has 0 heterocycles. The maximum Gasteiger partial charge on any atom is 0.314 e. The Morgan fingerprint density at radius 2 is 1.35 bits per heavy atom. The lowest BCUT2D eigenvalue weighted by Gasteiger charge is -2.19. The number of carbonyl (C=O) groups excluding carboxylic acids is 3. The lowest BCUT2D eigenvalue weighted by Crippen LogP contribution is -2.24. The number of hydrogen-bond donors (Lipinski definition) is 0. The van der Waals surface area contributed by atoms with Crippen LogP contribution in [-0.2, 0) is 25.5 Å². The molecule has 0 aliphatic heterocycles. The summed E-state index contributed by atoms with van der Waals surface area (Å²) in [6.45, 7) is 16.0. The van der Waals surface area contributed by atoms with Crippen molar-refractivity contribution in [1.29, 1.82) is 0 Å². The summed E-state index contributed by atoms with van der Waals surface area (Å²) in [6, 6.07) is 10.2. The summed E-state index contributed by atoms with van der Waals surface area (Å²) >= 11 is 0. The fourth-order valence-electron chi connectivity index (χ4n) is 3.23. The lowest BCUT2D eigenvalue weighted by atomic mass is 9.97. The van der Waals surface area contributed by atoms with Crippen LogP contribution in [0.3, 0.4) is 0 Å². The summed E-state index contributed by atoms with van der Waals surface area (Å²) in [6.07, 6.45) is 3.73. The highest BCUT2D eigenvalue weighted by Crippen LogP contribution is 2.32. The number of hydrogen-bond acceptors (Lipinski definition) is 8. The summed E-state index contributed by atoms with van der Waals surface area (Å²) in [5.41, 5.74) is 0.830. The van der Waals surface area contributed by atoms with Gasteiger partial charge in [0.2, 0.25) is 13.6 Å². The van der Waals surface area contributed by atoms with Gasteiger partial charge >= 0.3 is 11.9 Å². The molecule has 0 aromatic heterocycles. The average molecular weight is 555 g/mol. The molecule has 218 valence electrons. The molecule has 0 radical (unpaired) electrons. The Hall–Kier alpha value is -3.81. The molecular weight excluding hydrogens is 512 g/mol. The molecule has 0 saturated carbocycles. The van der Waals surface area contributed by atoms with E-state index in [0.29, 0.717) is 29.2 Å². The number of benzene rings is 2. The van der Waals surface area contributed by atoms with E-state index in [1.165, 1.54) is 6.08 Å². The first kappa shape index (κ1) is 32.4. The number of rotatable bonds is 12. The molecule has 2 rings (SSSR count). The number of ether oxygens (including phenoxy) is 5. The van der Waals surface area contributed by atoms with Crippen molar-refractivity contribution in [1.82, 2.24) is 0 Å². The third kappa shape index (κ3) is 10.1. The van der Waals surface area contributed by atoms with E-state index >= 15 is 0 Å². The van der Waals surface area contributed by atoms with Crippen LogP contribution in [0.25, 0.3) is 6.08 Å². The van der Waals surface area contributed by atoms with Gasteiger partial charge in [0, 0.05) is 17.2 Å². The summed E-state index contributed by atoms with van der Waals surface area (Å²) < 4.78 is 27.6. The van der Waals surface area contributed by atoms with Crippen molar-refractivity contribution in [3.05, 3.63) is 59.2 Å². The second-order valence-electron chi connectivity index (χ2n) is 11.6. The van der Waals surface area contributed by atoms with Crippen LogP contribution in [0.1, 0.15) is 83.8 Å². The molecule has 8 heteroatoms. The molecule has 0 fully saturated rings. The Labute approximate surface area is 237 Å². The van der Waals surface area contributed by atoms with Crippen LogP contribution in [0.5, 0.6) is 17.2 Å². The minimum Gasteiger partial charge on any atom is -0.490 e. The third-order valence-electron chi connectivity index (χ3n) is 5.53. The number of allylic oxidation sites excluding steroid dienone is 1. The highest BCUT2D eigenvalue weighted by Gasteiger charge is 2.24. The van der Waals surface area contributed by atoms with E-state index in [2.05, 4.69) is 0 Å². The Balaban J connectivity index is 2.14. The number of ketones is 1. The molecule has 0 aliphatic carbocycles. The highest BCUT2D eigenvalue weighted by molar-refractivity contribution is 6.07. The minimum atomic E-state index is -0.627. The van der Waals surface area contributed by atoms with Crippen LogP contribution in [0.15, 0.2) is 42.5 Å². The molecule has 40 heavy (non-hydrogen) atoms.